The Hall–Kier alpha value is -3.27. The first-order valence-electron chi connectivity index (χ1n) is 8.25. The summed E-state index contributed by atoms with van der Waals surface area (Å²) >= 11 is 0. The molecule has 0 saturated carbocycles. The van der Waals surface area contributed by atoms with Crippen LogP contribution in [0, 0.1) is 0 Å². The third-order valence-electron chi connectivity index (χ3n) is 4.03. The van der Waals surface area contributed by atoms with Gasteiger partial charge in [-0.25, -0.2) is 20.4 Å². The number of amides is 1. The van der Waals surface area contributed by atoms with Crippen LogP contribution in [0.3, 0.4) is 0 Å². The third-order valence-corrected chi connectivity index (χ3v) is 5.16. The lowest BCUT2D eigenvalue weighted by molar-refractivity contribution is -0.137. The maximum Gasteiger partial charge on any atom is 0.416 e. The second kappa shape index (κ2) is 6.86. The largest absolute Gasteiger partial charge is 0.416 e. The highest BCUT2D eigenvalue weighted by molar-refractivity contribution is 8.45. The monoisotopic (exact) mass is 488 g/mol. The van der Waals surface area contributed by atoms with Crippen molar-refractivity contribution in [2.75, 3.05) is 0 Å². The average molecular weight is 488 g/mol. The highest BCUT2D eigenvalue weighted by Crippen LogP contribution is 3.02. The van der Waals surface area contributed by atoms with Crippen LogP contribution in [-0.2, 0) is 11.0 Å². The quantitative estimate of drug-likeness (QED) is 0.477. The van der Waals surface area contributed by atoms with E-state index >= 15 is 0 Å². The Balaban J connectivity index is 1.99. The summed E-state index contributed by atoms with van der Waals surface area (Å²) < 4.78 is 105. The summed E-state index contributed by atoms with van der Waals surface area (Å²) in [5, 5.41) is 0.914. The van der Waals surface area contributed by atoms with Gasteiger partial charge in [0.05, 0.1) is 11.1 Å². The summed E-state index contributed by atoms with van der Waals surface area (Å²) in [4.78, 5) is 20.0. The molecule has 0 fully saturated rings. The Morgan fingerprint density at radius 2 is 1.72 bits per heavy atom. The van der Waals surface area contributed by atoms with Gasteiger partial charge in [0.1, 0.15) is 23.7 Å². The zero-order valence-electron chi connectivity index (χ0n) is 15.4. The van der Waals surface area contributed by atoms with Crippen LogP contribution in [0.25, 0.3) is 5.57 Å². The fraction of sp³-hybridized carbons (Fsp3) is 0.125. The van der Waals surface area contributed by atoms with E-state index in [0.29, 0.717) is 0 Å². The number of hydrogen-bond donors (Lipinski definition) is 2. The fourth-order valence-electron chi connectivity index (χ4n) is 2.60. The molecule has 1 aliphatic heterocycles. The lowest BCUT2D eigenvalue weighted by atomic mass is 10.1. The lowest BCUT2D eigenvalue weighted by Gasteiger charge is -2.41. The molecule has 2 aromatic rings. The first kappa shape index (κ1) is 23.4. The first-order valence-corrected chi connectivity index (χ1v) is 10.2. The number of hydrazine groups is 1. The number of nitrogens with two attached hydrogens (primary N) is 1. The number of aromatic nitrogens is 2. The van der Waals surface area contributed by atoms with Crippen LogP contribution in [0.1, 0.15) is 22.9 Å². The van der Waals surface area contributed by atoms with Gasteiger partial charge in [-0.1, -0.05) is 19.4 Å². The van der Waals surface area contributed by atoms with Gasteiger partial charge in [-0.05, 0) is 23.8 Å². The van der Waals surface area contributed by atoms with E-state index in [0.717, 1.165) is 23.9 Å². The molecule has 1 atom stereocenters. The smallest absolute Gasteiger partial charge is 0.366 e. The highest BCUT2D eigenvalue weighted by atomic mass is 32.5. The second-order valence-electron chi connectivity index (χ2n) is 6.50. The zero-order valence-corrected chi connectivity index (χ0v) is 16.2. The van der Waals surface area contributed by atoms with Crippen LogP contribution in [0.5, 0.6) is 0 Å². The molecule has 3 N–H and O–H groups in total. The number of primary amides is 1. The van der Waals surface area contributed by atoms with Crippen LogP contribution in [0.4, 0.5) is 32.6 Å². The topological polar surface area (TPSA) is 96.5 Å². The van der Waals surface area contributed by atoms with E-state index in [1.54, 1.807) is 0 Å². The van der Waals surface area contributed by atoms with Crippen molar-refractivity contribution in [3.8, 4) is 0 Å². The van der Waals surface area contributed by atoms with Crippen LogP contribution in [-0.4, -0.2) is 27.2 Å². The SMILES string of the molecule is NC(=O)/C(=C/N1C=NC(c2cc(C(F)(F)F)cc(S(F)(F)(F)(F)F)c2)N1)c1cncnc1. The number of nitrogens with zero attached hydrogens (tertiary/aromatic N) is 4. The molecule has 32 heavy (non-hydrogen) atoms. The van der Waals surface area contributed by atoms with E-state index < -0.39 is 50.6 Å². The minimum absolute atomic E-state index is 0.112. The van der Waals surface area contributed by atoms with Crippen LogP contribution in [0.15, 0.2) is 53.0 Å². The number of alkyl halides is 3. The van der Waals surface area contributed by atoms with Crippen molar-refractivity contribution in [2.24, 2.45) is 10.7 Å². The third kappa shape index (κ3) is 5.31. The van der Waals surface area contributed by atoms with Crippen LogP contribution >= 0.6 is 10.2 Å². The maximum atomic E-state index is 13.2. The molecule has 0 saturated heterocycles. The van der Waals surface area contributed by atoms with Gasteiger partial charge in [0.15, 0.2) is 0 Å². The number of halogens is 8. The molecule has 0 bridgehead atoms. The predicted molar refractivity (Wildman–Crippen MR) is 98.3 cm³/mol. The van der Waals surface area contributed by atoms with E-state index in [2.05, 4.69) is 20.4 Å². The van der Waals surface area contributed by atoms with Crippen molar-refractivity contribution in [1.29, 1.82) is 0 Å². The number of carbonyl (C=O) groups excluding carboxylic acids is 1. The first-order chi connectivity index (χ1) is 14.4. The Bertz CT molecular complexity index is 1120. The molecule has 174 valence electrons. The average Bonchev–Trinajstić information content (AvgIpc) is 3.12. The molecule has 3 rings (SSSR count). The van der Waals surface area contributed by atoms with Gasteiger partial charge < -0.3 is 5.73 Å². The summed E-state index contributed by atoms with van der Waals surface area (Å²) in [6.45, 7) is 0. The summed E-state index contributed by atoms with van der Waals surface area (Å²) in [5.74, 6) is -0.958. The summed E-state index contributed by atoms with van der Waals surface area (Å²) in [6, 6.07) is -0.504. The molecule has 1 aromatic carbocycles. The molecule has 1 unspecified atom stereocenters. The van der Waals surface area contributed by atoms with Crippen molar-refractivity contribution in [3.05, 3.63) is 59.8 Å². The summed E-state index contributed by atoms with van der Waals surface area (Å²) in [6.07, 6.45) is -1.38. The number of nitrogens with one attached hydrogen (secondary N) is 1. The van der Waals surface area contributed by atoms with Gasteiger partial charge in [0, 0.05) is 24.2 Å². The fourth-order valence-corrected chi connectivity index (χ4v) is 3.31. The number of aliphatic imine (C=N–C) groups is 1. The number of hydrogen-bond acceptors (Lipinski definition) is 6. The van der Waals surface area contributed by atoms with E-state index in [1.165, 1.54) is 12.4 Å². The van der Waals surface area contributed by atoms with Crippen molar-refractivity contribution in [3.63, 3.8) is 0 Å². The lowest BCUT2D eigenvalue weighted by Crippen LogP contribution is -2.30. The Labute approximate surface area is 174 Å². The van der Waals surface area contributed by atoms with Gasteiger partial charge in [-0.2, -0.15) is 13.2 Å². The van der Waals surface area contributed by atoms with E-state index in [-0.39, 0.29) is 23.3 Å². The van der Waals surface area contributed by atoms with Gasteiger partial charge in [-0.15, -0.1) is 0 Å². The molecule has 2 heterocycles. The molecule has 1 aromatic heterocycles. The molecule has 0 spiro atoms. The molecule has 1 amide bonds. The molecule has 0 aliphatic carbocycles. The molecule has 16 heteroatoms. The van der Waals surface area contributed by atoms with E-state index in [9.17, 15) is 37.4 Å². The Kier molecular flexibility index (Phi) is 5.02. The minimum atomic E-state index is -10.4. The van der Waals surface area contributed by atoms with Crippen LogP contribution in [0.2, 0.25) is 0 Å². The zero-order chi connectivity index (χ0) is 24.0. The maximum absolute atomic E-state index is 13.2. The summed E-state index contributed by atoms with van der Waals surface area (Å²) in [5.41, 5.74) is 4.84. The normalized spacial score (nSPS) is 19.6. The van der Waals surface area contributed by atoms with Gasteiger partial charge in [0.25, 0.3) is 5.91 Å². The Morgan fingerprint density at radius 1 is 1.09 bits per heavy atom. The van der Waals surface area contributed by atoms with Crippen LogP contribution < -0.4 is 11.2 Å². The second-order valence-corrected chi connectivity index (χ2v) is 8.90. The molecule has 1 aliphatic rings. The molecular weight excluding hydrogens is 476 g/mol. The summed E-state index contributed by atoms with van der Waals surface area (Å²) in [7, 11) is -10.4. The van der Waals surface area contributed by atoms with Crippen molar-refractivity contribution >= 4 is 28.0 Å². The highest BCUT2D eigenvalue weighted by Gasteiger charge is 2.66. The van der Waals surface area contributed by atoms with Gasteiger partial charge in [0.2, 0.25) is 0 Å². The van der Waals surface area contributed by atoms with Gasteiger partial charge >= 0.3 is 16.4 Å². The van der Waals surface area contributed by atoms with Gasteiger partial charge in [-0.3, -0.25) is 9.80 Å². The predicted octanol–water partition coefficient (Wildman–Crippen LogP) is 4.53. The molecule has 0 radical (unpaired) electrons. The van der Waals surface area contributed by atoms with Crippen molar-refractivity contribution in [1.82, 2.24) is 20.4 Å². The van der Waals surface area contributed by atoms with Crippen molar-refractivity contribution in [2.45, 2.75) is 17.2 Å². The van der Waals surface area contributed by atoms with E-state index in [4.69, 9.17) is 5.73 Å². The van der Waals surface area contributed by atoms with E-state index in [1.807, 2.05) is 0 Å². The molecular formula is C16H12F8N6OS. The van der Waals surface area contributed by atoms with Crippen molar-refractivity contribution < 1.29 is 37.4 Å². The number of carbonyl (C=O) groups is 1. The number of benzene rings is 1. The molecule has 7 nitrogen and oxygen atoms in total. The Morgan fingerprint density at radius 3 is 2.25 bits per heavy atom. The standard InChI is InChI=1S/C16H12F8N6OS/c17-16(18,19)11-1-9(2-12(3-11)32(20,21,22,23)24)15-28-8-30(29-15)6-13(14(25)31)10-4-26-7-27-5-10/h1-8,15,29H,(H2,25,31)/b13-6+. The minimum Gasteiger partial charge on any atom is -0.366 e. The number of rotatable bonds is 5.